The van der Waals surface area contributed by atoms with E-state index in [0.717, 1.165) is 31.5 Å². The molecule has 0 aromatic heterocycles. The first-order valence-corrected chi connectivity index (χ1v) is 8.57. The van der Waals surface area contributed by atoms with Gasteiger partial charge in [0.25, 0.3) is 5.91 Å². The Balaban J connectivity index is 1.59. The van der Waals surface area contributed by atoms with Gasteiger partial charge in [-0.1, -0.05) is 18.2 Å². The molecule has 3 rings (SSSR count). The van der Waals surface area contributed by atoms with Gasteiger partial charge in [-0.15, -0.1) is 0 Å². The van der Waals surface area contributed by atoms with Gasteiger partial charge in [-0.2, -0.15) is 0 Å². The third-order valence-corrected chi connectivity index (χ3v) is 5.01. The number of hydrogen-bond acceptors (Lipinski definition) is 3. The lowest BCUT2D eigenvalue weighted by Crippen LogP contribution is -2.49. The minimum absolute atomic E-state index is 0.0840. The summed E-state index contributed by atoms with van der Waals surface area (Å²) in [5, 5.41) is 3.74. The summed E-state index contributed by atoms with van der Waals surface area (Å²) in [6.45, 7) is 10.2. The van der Waals surface area contributed by atoms with Gasteiger partial charge in [0.05, 0.1) is 11.2 Å². The maximum absolute atomic E-state index is 12.5. The fraction of sp³-hybridized carbons (Fsp3) is 0.632. The van der Waals surface area contributed by atoms with Gasteiger partial charge in [0, 0.05) is 30.7 Å². The van der Waals surface area contributed by atoms with E-state index in [-0.39, 0.29) is 17.1 Å². The smallest absolute Gasteiger partial charge is 0.253 e. The number of carbonyl (C=O) groups is 1. The second kappa shape index (κ2) is 5.91. The zero-order chi connectivity index (χ0) is 16.7. The van der Waals surface area contributed by atoms with Crippen molar-refractivity contribution < 1.29 is 9.53 Å². The molecule has 1 N–H and O–H groups in total. The maximum Gasteiger partial charge on any atom is 0.253 e. The first-order chi connectivity index (χ1) is 10.8. The molecule has 0 saturated carbocycles. The summed E-state index contributed by atoms with van der Waals surface area (Å²) in [7, 11) is 0. The summed E-state index contributed by atoms with van der Waals surface area (Å²) in [6.07, 6.45) is 2.01. The molecule has 23 heavy (non-hydrogen) atoms. The van der Waals surface area contributed by atoms with Crippen molar-refractivity contribution in [1.82, 2.24) is 10.2 Å². The van der Waals surface area contributed by atoms with Gasteiger partial charge < -0.3 is 15.0 Å². The van der Waals surface area contributed by atoms with E-state index >= 15 is 0 Å². The molecule has 4 nitrogen and oxygen atoms in total. The molecule has 2 aliphatic rings. The van der Waals surface area contributed by atoms with E-state index in [1.165, 1.54) is 0 Å². The van der Waals surface area contributed by atoms with Gasteiger partial charge >= 0.3 is 0 Å². The van der Waals surface area contributed by atoms with Crippen molar-refractivity contribution in [2.24, 2.45) is 0 Å². The first-order valence-electron chi connectivity index (χ1n) is 8.57. The standard InChI is InChI=1S/C19H28N2O2/c1-18(2)12-16(19(3,4)23-18)20-15-10-11-21(13-15)17(22)14-8-6-5-7-9-14/h5-9,15-16,20H,10-13H2,1-4H3/t15-,16-/m1/s1. The van der Waals surface area contributed by atoms with Crippen molar-refractivity contribution in [3.63, 3.8) is 0 Å². The third-order valence-electron chi connectivity index (χ3n) is 5.01. The molecule has 0 unspecified atom stereocenters. The molecule has 2 heterocycles. The highest BCUT2D eigenvalue weighted by Gasteiger charge is 2.46. The number of rotatable bonds is 3. The molecular formula is C19H28N2O2. The molecule has 0 bridgehead atoms. The van der Waals surface area contributed by atoms with Crippen molar-refractivity contribution in [2.45, 2.75) is 63.8 Å². The third kappa shape index (κ3) is 3.59. The highest BCUT2D eigenvalue weighted by atomic mass is 16.5. The summed E-state index contributed by atoms with van der Waals surface area (Å²) in [5.74, 6) is 0.136. The number of likely N-dealkylation sites (tertiary alicyclic amines) is 1. The Morgan fingerprint density at radius 3 is 2.52 bits per heavy atom. The molecule has 1 aromatic carbocycles. The van der Waals surface area contributed by atoms with E-state index in [9.17, 15) is 4.79 Å². The molecule has 0 spiro atoms. The minimum Gasteiger partial charge on any atom is -0.368 e. The van der Waals surface area contributed by atoms with Gasteiger partial charge in [0.15, 0.2) is 0 Å². The molecule has 2 atom stereocenters. The molecule has 1 aromatic rings. The normalized spacial score (nSPS) is 29.0. The first kappa shape index (κ1) is 16.5. The monoisotopic (exact) mass is 316 g/mol. The van der Waals surface area contributed by atoms with Gasteiger partial charge in [0.1, 0.15) is 0 Å². The van der Waals surface area contributed by atoms with Crippen LogP contribution in [0.5, 0.6) is 0 Å². The summed E-state index contributed by atoms with van der Waals surface area (Å²) >= 11 is 0. The maximum atomic E-state index is 12.5. The van der Waals surface area contributed by atoms with Crippen LogP contribution in [0, 0.1) is 0 Å². The Morgan fingerprint density at radius 2 is 1.91 bits per heavy atom. The topological polar surface area (TPSA) is 41.6 Å². The van der Waals surface area contributed by atoms with Crippen LogP contribution in [0.25, 0.3) is 0 Å². The second-order valence-electron chi connectivity index (χ2n) is 7.99. The van der Waals surface area contributed by atoms with Crippen LogP contribution in [0.15, 0.2) is 30.3 Å². The van der Waals surface area contributed by atoms with Crippen molar-refractivity contribution in [3.05, 3.63) is 35.9 Å². The number of benzene rings is 1. The average Bonchev–Trinajstić information content (AvgIpc) is 3.01. The lowest BCUT2D eigenvalue weighted by molar-refractivity contribution is -0.0703. The molecule has 2 fully saturated rings. The summed E-state index contributed by atoms with van der Waals surface area (Å²) < 4.78 is 6.16. The Hall–Kier alpha value is -1.39. The van der Waals surface area contributed by atoms with Gasteiger partial charge in [0.2, 0.25) is 0 Å². The Labute approximate surface area is 139 Å². The van der Waals surface area contributed by atoms with Crippen LogP contribution in [0.4, 0.5) is 0 Å². The van der Waals surface area contributed by atoms with Gasteiger partial charge in [-0.25, -0.2) is 0 Å². The highest BCUT2D eigenvalue weighted by Crippen LogP contribution is 2.37. The number of nitrogens with one attached hydrogen (secondary N) is 1. The Bertz CT molecular complexity index is 568. The molecule has 2 saturated heterocycles. The average molecular weight is 316 g/mol. The predicted octanol–water partition coefficient (Wildman–Crippen LogP) is 2.84. The van der Waals surface area contributed by atoms with Crippen LogP contribution in [0.1, 0.15) is 50.9 Å². The van der Waals surface area contributed by atoms with Crippen LogP contribution in [-0.2, 0) is 4.74 Å². The quantitative estimate of drug-likeness (QED) is 0.932. The van der Waals surface area contributed by atoms with Gasteiger partial charge in [-0.05, 0) is 52.7 Å². The number of hydrogen-bond donors (Lipinski definition) is 1. The molecule has 1 amide bonds. The van der Waals surface area contributed by atoms with E-state index in [1.54, 1.807) is 0 Å². The Morgan fingerprint density at radius 1 is 1.22 bits per heavy atom. The summed E-state index contributed by atoms with van der Waals surface area (Å²) in [5.41, 5.74) is 0.526. The Kier molecular flexibility index (Phi) is 4.23. The lowest BCUT2D eigenvalue weighted by atomic mass is 9.93. The molecule has 2 aliphatic heterocycles. The number of ether oxygens (including phenoxy) is 1. The van der Waals surface area contributed by atoms with Crippen LogP contribution in [0.3, 0.4) is 0 Å². The number of carbonyl (C=O) groups excluding carboxylic acids is 1. The summed E-state index contributed by atoms with van der Waals surface area (Å²) in [6, 6.07) is 10.2. The number of amides is 1. The molecular weight excluding hydrogens is 288 g/mol. The molecule has 0 radical (unpaired) electrons. The highest BCUT2D eigenvalue weighted by molar-refractivity contribution is 5.94. The van der Waals surface area contributed by atoms with Crippen molar-refractivity contribution in [2.75, 3.05) is 13.1 Å². The molecule has 4 heteroatoms. The lowest BCUT2D eigenvalue weighted by Gasteiger charge is -2.30. The molecule has 0 aliphatic carbocycles. The van der Waals surface area contributed by atoms with Crippen molar-refractivity contribution in [3.8, 4) is 0 Å². The van der Waals surface area contributed by atoms with E-state index in [0.29, 0.717) is 12.1 Å². The van der Waals surface area contributed by atoms with Crippen molar-refractivity contribution in [1.29, 1.82) is 0 Å². The van der Waals surface area contributed by atoms with Crippen LogP contribution in [0.2, 0.25) is 0 Å². The van der Waals surface area contributed by atoms with Crippen LogP contribution < -0.4 is 5.32 Å². The van der Waals surface area contributed by atoms with Crippen molar-refractivity contribution >= 4 is 5.91 Å². The van der Waals surface area contributed by atoms with Gasteiger partial charge in [-0.3, -0.25) is 4.79 Å². The largest absolute Gasteiger partial charge is 0.368 e. The number of nitrogens with zero attached hydrogens (tertiary/aromatic N) is 1. The van der Waals surface area contributed by atoms with E-state index in [4.69, 9.17) is 4.74 Å². The zero-order valence-corrected chi connectivity index (χ0v) is 14.6. The molecule has 126 valence electrons. The fourth-order valence-corrected chi connectivity index (χ4v) is 3.95. The fourth-order valence-electron chi connectivity index (χ4n) is 3.95. The second-order valence-corrected chi connectivity index (χ2v) is 7.99. The zero-order valence-electron chi connectivity index (χ0n) is 14.6. The van der Waals surface area contributed by atoms with E-state index in [1.807, 2.05) is 35.2 Å². The SMILES string of the molecule is CC1(C)C[C@@H](N[C@@H]2CCN(C(=O)c3ccccc3)C2)C(C)(C)O1. The van der Waals surface area contributed by atoms with Crippen LogP contribution in [-0.4, -0.2) is 47.2 Å². The minimum atomic E-state index is -0.166. The predicted molar refractivity (Wildman–Crippen MR) is 91.5 cm³/mol. The van der Waals surface area contributed by atoms with E-state index in [2.05, 4.69) is 33.0 Å². The van der Waals surface area contributed by atoms with Crippen LogP contribution >= 0.6 is 0 Å². The summed E-state index contributed by atoms with van der Waals surface area (Å²) in [4.78, 5) is 14.5. The van der Waals surface area contributed by atoms with E-state index < -0.39 is 0 Å².